The number of hydrogen-bond acceptors (Lipinski definition) is 2. The molecule has 2 aromatic carbocycles. The van der Waals surface area contributed by atoms with Crippen LogP contribution in [0.15, 0.2) is 65.7 Å². The largest absolute Gasteiger partial charge is 0.348 e. The van der Waals surface area contributed by atoms with Gasteiger partial charge in [0.25, 0.3) is 0 Å². The lowest BCUT2D eigenvalue weighted by Crippen LogP contribution is -2.42. The first-order valence-corrected chi connectivity index (χ1v) is 10.0. The van der Waals surface area contributed by atoms with Gasteiger partial charge < -0.3 is 4.57 Å². The molecule has 7 heteroatoms. The number of halogens is 2. The molecule has 0 saturated heterocycles. The second kappa shape index (κ2) is 6.58. The lowest BCUT2D eigenvalue weighted by molar-refractivity contribution is 0.297. The molecule has 0 unspecified atom stereocenters. The van der Waals surface area contributed by atoms with E-state index in [1.54, 1.807) is 24.3 Å². The van der Waals surface area contributed by atoms with Gasteiger partial charge in [-0.15, -0.1) is 0 Å². The molecule has 3 aromatic rings. The molecule has 2 heterocycles. The average molecular weight is 388 g/mol. The Kier molecular flexibility index (Phi) is 4.36. The van der Waals surface area contributed by atoms with Gasteiger partial charge in [-0.3, -0.25) is 0 Å². The zero-order chi connectivity index (χ0) is 19.2. The van der Waals surface area contributed by atoms with Crippen molar-refractivity contribution in [3.63, 3.8) is 0 Å². The maximum atomic E-state index is 13.9. The van der Waals surface area contributed by atoms with Gasteiger partial charge >= 0.3 is 0 Å². The second-order valence-corrected chi connectivity index (χ2v) is 8.52. The van der Waals surface area contributed by atoms with Crippen LogP contribution in [0, 0.1) is 18.6 Å². The van der Waals surface area contributed by atoms with Gasteiger partial charge in [-0.2, -0.15) is 4.31 Å². The minimum Gasteiger partial charge on any atom is -0.348 e. The molecule has 0 saturated carbocycles. The van der Waals surface area contributed by atoms with Crippen molar-refractivity contribution in [3.8, 4) is 0 Å². The molecular weight excluding hydrogens is 370 g/mol. The molecular formula is C20H18F2N2O2S. The van der Waals surface area contributed by atoms with Crippen LogP contribution in [0.4, 0.5) is 8.78 Å². The Morgan fingerprint density at radius 1 is 0.963 bits per heavy atom. The fourth-order valence-electron chi connectivity index (χ4n) is 3.49. The van der Waals surface area contributed by atoms with Gasteiger partial charge in [0.15, 0.2) is 11.6 Å². The first-order chi connectivity index (χ1) is 12.9. The monoisotopic (exact) mass is 388 g/mol. The highest BCUT2D eigenvalue weighted by atomic mass is 32.2. The van der Waals surface area contributed by atoms with E-state index >= 15 is 0 Å². The molecule has 0 fully saturated rings. The summed E-state index contributed by atoms with van der Waals surface area (Å²) in [6, 6.07) is 13.1. The van der Waals surface area contributed by atoms with Crippen LogP contribution in [0.1, 0.15) is 22.9 Å². The third kappa shape index (κ3) is 3.07. The quantitative estimate of drug-likeness (QED) is 0.684. The van der Waals surface area contributed by atoms with E-state index in [-0.39, 0.29) is 11.4 Å². The lowest BCUT2D eigenvalue weighted by Gasteiger charge is -2.36. The third-order valence-electron chi connectivity index (χ3n) is 4.88. The molecule has 0 bridgehead atoms. The molecule has 0 spiro atoms. The third-order valence-corrected chi connectivity index (χ3v) is 6.76. The predicted octanol–water partition coefficient (Wildman–Crippen LogP) is 3.87. The van der Waals surface area contributed by atoms with Gasteiger partial charge in [0.2, 0.25) is 10.0 Å². The summed E-state index contributed by atoms with van der Waals surface area (Å²) in [6.45, 7) is 2.61. The molecule has 0 aliphatic carbocycles. The van der Waals surface area contributed by atoms with E-state index in [1.165, 1.54) is 10.4 Å². The summed E-state index contributed by atoms with van der Waals surface area (Å²) < 4.78 is 57.2. The normalized spacial score (nSPS) is 17.7. The first kappa shape index (κ1) is 17.9. The Labute approximate surface area is 156 Å². The van der Waals surface area contributed by atoms with Crippen LogP contribution >= 0.6 is 0 Å². The van der Waals surface area contributed by atoms with Crippen molar-refractivity contribution in [1.82, 2.24) is 8.87 Å². The summed E-state index contributed by atoms with van der Waals surface area (Å²) in [5, 5.41) is 0. The molecule has 140 valence electrons. The highest BCUT2D eigenvalue weighted by Crippen LogP contribution is 2.36. The van der Waals surface area contributed by atoms with Gasteiger partial charge in [0, 0.05) is 25.0 Å². The van der Waals surface area contributed by atoms with E-state index in [4.69, 9.17) is 0 Å². The van der Waals surface area contributed by atoms with Crippen LogP contribution in [-0.4, -0.2) is 23.8 Å². The van der Waals surface area contributed by atoms with Crippen LogP contribution < -0.4 is 0 Å². The number of aromatic nitrogens is 1. The van der Waals surface area contributed by atoms with E-state index in [2.05, 4.69) is 0 Å². The fourth-order valence-corrected chi connectivity index (χ4v) is 5.07. The number of benzene rings is 2. The Bertz CT molecular complexity index is 1090. The standard InChI is InChI=1S/C20H18F2N2O2S/c1-14-4-7-16(8-5-14)27(25,26)24-12-11-23-10-2-3-19(23)20(24)15-6-9-17(21)18(22)13-15/h2-10,13,20H,11-12H2,1H3/t20-/m0/s1. The van der Waals surface area contributed by atoms with Crippen LogP contribution in [-0.2, 0) is 16.6 Å². The van der Waals surface area contributed by atoms with Gasteiger partial charge in [0.05, 0.1) is 10.9 Å². The molecule has 0 amide bonds. The van der Waals surface area contributed by atoms with E-state index in [9.17, 15) is 17.2 Å². The predicted molar refractivity (Wildman–Crippen MR) is 97.7 cm³/mol. The highest BCUT2D eigenvalue weighted by Gasteiger charge is 2.37. The van der Waals surface area contributed by atoms with E-state index in [0.29, 0.717) is 12.1 Å². The summed E-state index contributed by atoms with van der Waals surface area (Å²) >= 11 is 0. The van der Waals surface area contributed by atoms with Crippen molar-refractivity contribution >= 4 is 10.0 Å². The van der Waals surface area contributed by atoms with Gasteiger partial charge in [-0.05, 0) is 48.9 Å². The number of hydrogen-bond donors (Lipinski definition) is 0. The molecule has 0 radical (unpaired) electrons. The Morgan fingerprint density at radius 3 is 2.41 bits per heavy atom. The zero-order valence-electron chi connectivity index (χ0n) is 14.6. The smallest absolute Gasteiger partial charge is 0.244 e. The summed E-state index contributed by atoms with van der Waals surface area (Å²) in [5.41, 5.74) is 2.07. The minimum atomic E-state index is -3.82. The van der Waals surface area contributed by atoms with Gasteiger partial charge in [-0.1, -0.05) is 23.8 Å². The number of fused-ring (bicyclic) bond motifs is 1. The number of nitrogens with zero attached hydrogens (tertiary/aromatic N) is 2. The van der Waals surface area contributed by atoms with Gasteiger partial charge in [-0.25, -0.2) is 17.2 Å². The molecule has 1 aromatic heterocycles. The maximum Gasteiger partial charge on any atom is 0.244 e. The van der Waals surface area contributed by atoms with Crippen molar-refractivity contribution < 1.29 is 17.2 Å². The summed E-state index contributed by atoms with van der Waals surface area (Å²) in [4.78, 5) is 0.181. The van der Waals surface area contributed by atoms with Crippen LogP contribution in [0.2, 0.25) is 0 Å². The SMILES string of the molecule is Cc1ccc(S(=O)(=O)N2CCn3cccc3[C@@H]2c2ccc(F)c(F)c2)cc1. The van der Waals surface area contributed by atoms with Crippen LogP contribution in [0.25, 0.3) is 0 Å². The van der Waals surface area contributed by atoms with Crippen LogP contribution in [0.3, 0.4) is 0 Å². The van der Waals surface area contributed by atoms with Crippen LogP contribution in [0.5, 0.6) is 0 Å². The van der Waals surface area contributed by atoms with E-state index in [0.717, 1.165) is 23.4 Å². The molecule has 1 aliphatic heterocycles. The van der Waals surface area contributed by atoms with Crippen molar-refractivity contribution in [2.24, 2.45) is 0 Å². The average Bonchev–Trinajstić information content (AvgIpc) is 3.12. The molecule has 4 rings (SSSR count). The topological polar surface area (TPSA) is 42.3 Å². The van der Waals surface area contributed by atoms with Crippen molar-refractivity contribution in [1.29, 1.82) is 0 Å². The maximum absolute atomic E-state index is 13.9. The van der Waals surface area contributed by atoms with Crippen molar-refractivity contribution in [2.75, 3.05) is 6.54 Å². The minimum absolute atomic E-state index is 0.181. The van der Waals surface area contributed by atoms with Crippen molar-refractivity contribution in [3.05, 3.63) is 89.2 Å². The van der Waals surface area contributed by atoms with Crippen molar-refractivity contribution in [2.45, 2.75) is 24.4 Å². The molecule has 27 heavy (non-hydrogen) atoms. The Hall–Kier alpha value is -2.51. The fraction of sp³-hybridized carbons (Fsp3) is 0.200. The summed E-state index contributed by atoms with van der Waals surface area (Å²) in [7, 11) is -3.82. The van der Waals surface area contributed by atoms with Gasteiger partial charge in [0.1, 0.15) is 0 Å². The molecule has 0 N–H and O–H groups in total. The molecule has 1 aliphatic rings. The Balaban J connectivity index is 1.85. The number of aryl methyl sites for hydroxylation is 1. The Morgan fingerprint density at radius 2 is 1.70 bits per heavy atom. The highest BCUT2D eigenvalue weighted by molar-refractivity contribution is 7.89. The number of rotatable bonds is 3. The first-order valence-electron chi connectivity index (χ1n) is 8.56. The van der Waals surface area contributed by atoms with E-state index < -0.39 is 27.7 Å². The molecule has 4 nitrogen and oxygen atoms in total. The summed E-state index contributed by atoms with van der Waals surface area (Å²) in [6.07, 6.45) is 1.86. The summed E-state index contributed by atoms with van der Waals surface area (Å²) in [5.74, 6) is -1.96. The van der Waals surface area contributed by atoms with E-state index in [1.807, 2.05) is 29.8 Å². The number of sulfonamides is 1. The zero-order valence-corrected chi connectivity index (χ0v) is 15.5. The molecule has 1 atom stereocenters. The lowest BCUT2D eigenvalue weighted by atomic mass is 10.0. The second-order valence-electron chi connectivity index (χ2n) is 6.63.